The van der Waals surface area contributed by atoms with Crippen molar-refractivity contribution < 1.29 is 23.1 Å². The molecule has 1 rings (SSSR count). The maximum Gasteiger partial charge on any atom is 0.415 e. The van der Waals surface area contributed by atoms with Crippen LogP contribution in [0.25, 0.3) is 0 Å². The fourth-order valence-corrected chi connectivity index (χ4v) is 2.34. The Hall–Kier alpha value is -0.920. The van der Waals surface area contributed by atoms with E-state index in [4.69, 9.17) is 16.7 Å². The van der Waals surface area contributed by atoms with Gasteiger partial charge in [-0.2, -0.15) is 13.2 Å². The van der Waals surface area contributed by atoms with Gasteiger partial charge in [0.15, 0.2) is 6.10 Å². The molecule has 1 aromatic carbocycles. The maximum atomic E-state index is 12.0. The van der Waals surface area contributed by atoms with E-state index in [2.05, 4.69) is 5.32 Å². The molecule has 112 valence electrons. The number of carbonyl (C=O) groups excluding carboxylic acids is 1. The van der Waals surface area contributed by atoms with Crippen LogP contribution < -0.4 is 5.32 Å². The number of aryl methyl sites for hydroxylation is 1. The lowest BCUT2D eigenvalue weighted by molar-refractivity contribution is -0.195. The first-order valence-corrected chi connectivity index (χ1v) is 7.12. The minimum atomic E-state index is -4.66. The third-order valence-electron chi connectivity index (χ3n) is 2.29. The zero-order valence-corrected chi connectivity index (χ0v) is 12.1. The summed E-state index contributed by atoms with van der Waals surface area (Å²) in [5, 5.41) is 11.6. The summed E-state index contributed by atoms with van der Waals surface area (Å²) in [5.74, 6) is -1.26. The van der Waals surface area contributed by atoms with Gasteiger partial charge in [-0.15, -0.1) is 11.8 Å². The van der Waals surface area contributed by atoms with Crippen molar-refractivity contribution in [2.45, 2.75) is 19.2 Å². The molecule has 0 spiro atoms. The van der Waals surface area contributed by atoms with Gasteiger partial charge in [0, 0.05) is 5.75 Å². The molecule has 0 saturated heterocycles. The van der Waals surface area contributed by atoms with Crippen molar-refractivity contribution in [3.8, 4) is 0 Å². The first-order chi connectivity index (χ1) is 9.20. The van der Waals surface area contributed by atoms with Crippen LogP contribution in [0.1, 0.15) is 5.56 Å². The average Bonchev–Trinajstić information content (AvgIpc) is 2.31. The lowest BCUT2D eigenvalue weighted by atomic mass is 10.2. The van der Waals surface area contributed by atoms with E-state index in [0.29, 0.717) is 22.5 Å². The number of halogens is 4. The molecule has 0 fully saturated rings. The molecule has 2 N–H and O–H groups in total. The maximum absolute atomic E-state index is 12.0. The number of benzene rings is 1. The number of alkyl halides is 3. The summed E-state index contributed by atoms with van der Waals surface area (Å²) in [5.41, 5.74) is 1.33. The molecule has 0 aliphatic carbocycles. The summed E-state index contributed by atoms with van der Waals surface area (Å²) >= 11 is 6.61. The second-order valence-electron chi connectivity index (χ2n) is 4.10. The summed E-state index contributed by atoms with van der Waals surface area (Å²) < 4.78 is 36.1. The number of hydrogen-bond acceptors (Lipinski definition) is 3. The fourth-order valence-electron chi connectivity index (χ4n) is 1.27. The van der Waals surface area contributed by atoms with Crippen molar-refractivity contribution in [2.75, 3.05) is 16.8 Å². The highest BCUT2D eigenvalue weighted by molar-refractivity contribution is 8.00. The first-order valence-electron chi connectivity index (χ1n) is 5.58. The van der Waals surface area contributed by atoms with Crippen LogP contribution in [0.15, 0.2) is 18.2 Å². The Kier molecular flexibility index (Phi) is 6.16. The van der Waals surface area contributed by atoms with Gasteiger partial charge in [0.2, 0.25) is 5.91 Å². The number of nitrogens with one attached hydrogen (secondary N) is 1. The van der Waals surface area contributed by atoms with Crippen molar-refractivity contribution in [1.82, 2.24) is 0 Å². The Bertz CT molecular complexity index is 482. The standard InChI is InChI=1S/C12H13ClF3NO2S/c1-7-2-3-9(8(13)4-7)17-11(19)6-20-5-10(18)12(14,15)16/h2-4,10,18H,5-6H2,1H3,(H,17,19)/t10-/m1/s1. The van der Waals surface area contributed by atoms with E-state index in [1.165, 1.54) is 0 Å². The molecule has 20 heavy (non-hydrogen) atoms. The summed E-state index contributed by atoms with van der Waals surface area (Å²) in [6.45, 7) is 1.84. The molecule has 0 aromatic heterocycles. The molecule has 0 bridgehead atoms. The van der Waals surface area contributed by atoms with Crippen molar-refractivity contribution in [2.24, 2.45) is 0 Å². The van der Waals surface area contributed by atoms with Gasteiger partial charge < -0.3 is 10.4 Å². The van der Waals surface area contributed by atoms with E-state index < -0.39 is 23.9 Å². The first kappa shape index (κ1) is 17.1. The Morgan fingerprint density at radius 3 is 2.70 bits per heavy atom. The Balaban J connectivity index is 2.41. The molecule has 3 nitrogen and oxygen atoms in total. The highest BCUT2D eigenvalue weighted by Crippen LogP contribution is 2.24. The zero-order chi connectivity index (χ0) is 15.3. The van der Waals surface area contributed by atoms with E-state index in [9.17, 15) is 18.0 Å². The van der Waals surface area contributed by atoms with E-state index in [1.54, 1.807) is 18.2 Å². The molecule has 1 aromatic rings. The molecule has 1 atom stereocenters. The van der Waals surface area contributed by atoms with Gasteiger partial charge in [-0.1, -0.05) is 17.7 Å². The minimum Gasteiger partial charge on any atom is -0.383 e. The number of anilines is 1. The molecular weight excluding hydrogens is 315 g/mol. The van der Waals surface area contributed by atoms with E-state index >= 15 is 0 Å². The van der Waals surface area contributed by atoms with Gasteiger partial charge in [0.05, 0.1) is 16.5 Å². The minimum absolute atomic E-state index is 0.197. The van der Waals surface area contributed by atoms with E-state index in [1.807, 2.05) is 6.92 Å². The molecular formula is C12H13ClF3NO2S. The van der Waals surface area contributed by atoms with Crippen LogP contribution in [0.3, 0.4) is 0 Å². The third kappa shape index (κ3) is 5.60. The Morgan fingerprint density at radius 2 is 2.15 bits per heavy atom. The highest BCUT2D eigenvalue weighted by Gasteiger charge is 2.37. The van der Waals surface area contributed by atoms with Gasteiger partial charge in [-0.05, 0) is 24.6 Å². The molecule has 0 aliphatic heterocycles. The number of aliphatic hydroxyl groups excluding tert-OH is 1. The quantitative estimate of drug-likeness (QED) is 0.873. The van der Waals surface area contributed by atoms with Crippen molar-refractivity contribution in [3.63, 3.8) is 0 Å². The van der Waals surface area contributed by atoms with Crippen LogP contribution in [0.5, 0.6) is 0 Å². The monoisotopic (exact) mass is 327 g/mol. The molecule has 0 heterocycles. The second kappa shape index (κ2) is 7.19. The van der Waals surface area contributed by atoms with Gasteiger partial charge >= 0.3 is 6.18 Å². The van der Waals surface area contributed by atoms with Crippen LogP contribution >= 0.6 is 23.4 Å². The molecule has 0 aliphatic rings. The normalized spacial score (nSPS) is 13.1. The molecule has 0 unspecified atom stereocenters. The van der Waals surface area contributed by atoms with E-state index in [0.717, 1.165) is 5.56 Å². The SMILES string of the molecule is Cc1ccc(NC(=O)CSC[C@@H](O)C(F)(F)F)c(Cl)c1. The molecule has 0 radical (unpaired) electrons. The summed E-state index contributed by atoms with van der Waals surface area (Å²) in [4.78, 5) is 11.5. The van der Waals surface area contributed by atoms with Gasteiger partial charge in [-0.3, -0.25) is 4.79 Å². The largest absolute Gasteiger partial charge is 0.415 e. The van der Waals surface area contributed by atoms with Gasteiger partial charge in [0.1, 0.15) is 0 Å². The predicted octanol–water partition coefficient (Wildman–Crippen LogP) is 3.24. The van der Waals surface area contributed by atoms with Crippen LogP contribution in [-0.2, 0) is 4.79 Å². The highest BCUT2D eigenvalue weighted by atomic mass is 35.5. The number of thioether (sulfide) groups is 1. The number of carbonyl (C=O) groups is 1. The summed E-state index contributed by atoms with van der Waals surface area (Å²) in [7, 11) is 0. The number of aliphatic hydroxyl groups is 1. The lowest BCUT2D eigenvalue weighted by Gasteiger charge is -2.13. The Labute approximate surface area is 123 Å². The smallest absolute Gasteiger partial charge is 0.383 e. The topological polar surface area (TPSA) is 49.3 Å². The van der Waals surface area contributed by atoms with E-state index in [-0.39, 0.29) is 5.75 Å². The van der Waals surface area contributed by atoms with Crippen LogP contribution in [0.4, 0.5) is 18.9 Å². The Morgan fingerprint density at radius 1 is 1.50 bits per heavy atom. The average molecular weight is 328 g/mol. The lowest BCUT2D eigenvalue weighted by Crippen LogP contribution is -2.31. The van der Waals surface area contributed by atoms with Gasteiger partial charge in [0.25, 0.3) is 0 Å². The summed E-state index contributed by atoms with van der Waals surface area (Å²) in [6.07, 6.45) is -7.09. The second-order valence-corrected chi connectivity index (χ2v) is 5.54. The zero-order valence-electron chi connectivity index (χ0n) is 10.5. The van der Waals surface area contributed by atoms with Crippen molar-refractivity contribution in [1.29, 1.82) is 0 Å². The van der Waals surface area contributed by atoms with Crippen LogP contribution in [0.2, 0.25) is 5.02 Å². The van der Waals surface area contributed by atoms with Crippen LogP contribution in [0, 0.1) is 6.92 Å². The number of rotatable bonds is 5. The molecule has 8 heteroatoms. The van der Waals surface area contributed by atoms with Gasteiger partial charge in [-0.25, -0.2) is 0 Å². The molecule has 1 amide bonds. The molecule has 0 saturated carbocycles. The van der Waals surface area contributed by atoms with Crippen molar-refractivity contribution >= 4 is 35.0 Å². The van der Waals surface area contributed by atoms with Crippen molar-refractivity contribution in [3.05, 3.63) is 28.8 Å². The summed E-state index contributed by atoms with van der Waals surface area (Å²) in [6, 6.07) is 5.03. The number of amides is 1. The predicted molar refractivity (Wildman–Crippen MR) is 74.2 cm³/mol. The number of hydrogen-bond donors (Lipinski definition) is 2. The third-order valence-corrected chi connectivity index (χ3v) is 3.62. The van der Waals surface area contributed by atoms with Crippen LogP contribution in [-0.4, -0.2) is 34.8 Å². The fraction of sp³-hybridized carbons (Fsp3) is 0.417.